The number of aryl methyl sites for hydroxylation is 1. The van der Waals surface area contributed by atoms with Gasteiger partial charge in [0.2, 0.25) is 0 Å². The van der Waals surface area contributed by atoms with Crippen molar-refractivity contribution in [2.75, 3.05) is 6.54 Å². The lowest BCUT2D eigenvalue weighted by atomic mass is 10.1. The molecule has 2 aromatic rings. The Labute approximate surface area is 128 Å². The number of nitrogens with one attached hydrogen (secondary N) is 1. The summed E-state index contributed by atoms with van der Waals surface area (Å²) in [6.07, 6.45) is 1.90. The standard InChI is InChI=1S/C14H16Cl3NO/c1-3-5-18-7-11-8(4-2)12-13(17)9(15)6-10(16)14(12)19-11/h6,18H,3-5,7H2,1-2H3. The molecule has 0 radical (unpaired) electrons. The molecule has 19 heavy (non-hydrogen) atoms. The molecule has 1 aromatic heterocycles. The van der Waals surface area contributed by atoms with Crippen LogP contribution in [0.25, 0.3) is 11.0 Å². The van der Waals surface area contributed by atoms with Crippen LogP contribution >= 0.6 is 34.8 Å². The first-order chi connectivity index (χ1) is 9.10. The molecule has 2 nitrogen and oxygen atoms in total. The molecule has 0 saturated heterocycles. The molecule has 2 rings (SSSR count). The molecule has 1 aromatic carbocycles. The first-order valence-electron chi connectivity index (χ1n) is 6.38. The third kappa shape index (κ3) is 2.87. The van der Waals surface area contributed by atoms with E-state index in [-0.39, 0.29) is 0 Å². The van der Waals surface area contributed by atoms with E-state index in [0.717, 1.165) is 36.1 Å². The zero-order valence-corrected chi connectivity index (χ0v) is 13.2. The third-order valence-corrected chi connectivity index (χ3v) is 4.12. The Kier molecular flexibility index (Phi) is 5.02. The highest BCUT2D eigenvalue weighted by Gasteiger charge is 2.19. The van der Waals surface area contributed by atoms with Crippen molar-refractivity contribution in [1.29, 1.82) is 0 Å². The fraction of sp³-hybridized carbons (Fsp3) is 0.429. The van der Waals surface area contributed by atoms with E-state index < -0.39 is 0 Å². The zero-order valence-electron chi connectivity index (χ0n) is 10.9. The summed E-state index contributed by atoms with van der Waals surface area (Å²) >= 11 is 18.6. The largest absolute Gasteiger partial charge is 0.458 e. The summed E-state index contributed by atoms with van der Waals surface area (Å²) < 4.78 is 5.87. The van der Waals surface area contributed by atoms with Gasteiger partial charge >= 0.3 is 0 Å². The van der Waals surface area contributed by atoms with E-state index in [1.165, 1.54) is 0 Å². The van der Waals surface area contributed by atoms with Gasteiger partial charge in [0.15, 0.2) is 5.58 Å². The van der Waals surface area contributed by atoms with Crippen molar-refractivity contribution in [3.63, 3.8) is 0 Å². The minimum atomic E-state index is 0.461. The van der Waals surface area contributed by atoms with Crippen LogP contribution in [-0.2, 0) is 13.0 Å². The van der Waals surface area contributed by atoms with Crippen LogP contribution in [0.1, 0.15) is 31.6 Å². The van der Waals surface area contributed by atoms with E-state index >= 15 is 0 Å². The van der Waals surface area contributed by atoms with Crippen LogP contribution in [0.5, 0.6) is 0 Å². The summed E-state index contributed by atoms with van der Waals surface area (Å²) in [7, 11) is 0. The maximum atomic E-state index is 6.29. The number of halogens is 3. The van der Waals surface area contributed by atoms with Crippen molar-refractivity contribution in [3.05, 3.63) is 32.5 Å². The quantitative estimate of drug-likeness (QED) is 0.585. The monoisotopic (exact) mass is 319 g/mol. The molecule has 0 unspecified atom stereocenters. The highest BCUT2D eigenvalue weighted by Crippen LogP contribution is 2.40. The number of hydrogen-bond acceptors (Lipinski definition) is 2. The number of benzene rings is 1. The minimum Gasteiger partial charge on any atom is -0.458 e. The average Bonchev–Trinajstić information content (AvgIpc) is 2.75. The summed E-state index contributed by atoms with van der Waals surface area (Å²) in [4.78, 5) is 0. The zero-order chi connectivity index (χ0) is 14.0. The molecular formula is C14H16Cl3NO. The Bertz CT molecular complexity index is 592. The summed E-state index contributed by atoms with van der Waals surface area (Å²) in [5.74, 6) is 0.886. The smallest absolute Gasteiger partial charge is 0.154 e. The first kappa shape index (κ1) is 15.0. The molecule has 5 heteroatoms. The maximum absolute atomic E-state index is 6.29. The second-order valence-electron chi connectivity index (χ2n) is 4.39. The molecule has 1 N–H and O–H groups in total. The summed E-state index contributed by atoms with van der Waals surface area (Å²) in [6.45, 7) is 5.82. The molecule has 104 valence electrons. The number of rotatable bonds is 5. The lowest BCUT2D eigenvalue weighted by Crippen LogP contribution is -2.14. The molecule has 0 saturated carbocycles. The molecule has 0 amide bonds. The van der Waals surface area contributed by atoms with Crippen molar-refractivity contribution in [2.45, 2.75) is 33.2 Å². The lowest BCUT2D eigenvalue weighted by molar-refractivity contribution is 0.508. The van der Waals surface area contributed by atoms with E-state index in [1.54, 1.807) is 6.07 Å². The molecule has 0 aliphatic carbocycles. The Morgan fingerprint density at radius 1 is 1.16 bits per heavy atom. The Morgan fingerprint density at radius 2 is 1.89 bits per heavy atom. The fourth-order valence-electron chi connectivity index (χ4n) is 2.17. The van der Waals surface area contributed by atoms with Gasteiger partial charge < -0.3 is 9.73 Å². The van der Waals surface area contributed by atoms with Gasteiger partial charge in [-0.15, -0.1) is 0 Å². The van der Waals surface area contributed by atoms with Crippen LogP contribution < -0.4 is 5.32 Å². The van der Waals surface area contributed by atoms with Crippen LogP contribution in [0.4, 0.5) is 0 Å². The van der Waals surface area contributed by atoms with Gasteiger partial charge in [0.25, 0.3) is 0 Å². The van der Waals surface area contributed by atoms with Gasteiger partial charge in [-0.2, -0.15) is 0 Å². The molecule has 0 aliphatic heterocycles. The molecule has 1 heterocycles. The molecule has 0 aliphatic rings. The Balaban J connectivity index is 2.54. The van der Waals surface area contributed by atoms with E-state index in [0.29, 0.717) is 27.2 Å². The van der Waals surface area contributed by atoms with Crippen molar-refractivity contribution >= 4 is 45.8 Å². The van der Waals surface area contributed by atoms with Gasteiger partial charge in [0.1, 0.15) is 5.76 Å². The molecule has 0 fully saturated rings. The number of fused-ring (bicyclic) bond motifs is 1. The predicted molar refractivity (Wildman–Crippen MR) is 82.6 cm³/mol. The van der Waals surface area contributed by atoms with Crippen molar-refractivity contribution in [3.8, 4) is 0 Å². The average molecular weight is 321 g/mol. The second-order valence-corrected chi connectivity index (χ2v) is 5.58. The highest BCUT2D eigenvalue weighted by atomic mass is 35.5. The van der Waals surface area contributed by atoms with Gasteiger partial charge in [0.05, 0.1) is 21.6 Å². The second kappa shape index (κ2) is 6.36. The number of hydrogen-bond donors (Lipinski definition) is 1. The molecule has 0 atom stereocenters. The van der Waals surface area contributed by atoms with Crippen molar-refractivity contribution in [2.24, 2.45) is 0 Å². The summed E-state index contributed by atoms with van der Waals surface area (Å²) in [5, 5.41) is 5.65. The minimum absolute atomic E-state index is 0.461. The fourth-order valence-corrected chi connectivity index (χ4v) is 2.92. The van der Waals surface area contributed by atoms with Gasteiger partial charge in [-0.25, -0.2) is 0 Å². The van der Waals surface area contributed by atoms with Crippen LogP contribution in [0.15, 0.2) is 10.5 Å². The van der Waals surface area contributed by atoms with Crippen LogP contribution in [0.3, 0.4) is 0 Å². The van der Waals surface area contributed by atoms with E-state index in [4.69, 9.17) is 39.2 Å². The van der Waals surface area contributed by atoms with Gasteiger partial charge in [-0.3, -0.25) is 0 Å². The van der Waals surface area contributed by atoms with Gasteiger partial charge in [-0.05, 0) is 25.5 Å². The number of furan rings is 1. The molecule has 0 spiro atoms. The van der Waals surface area contributed by atoms with Crippen LogP contribution in [-0.4, -0.2) is 6.54 Å². The van der Waals surface area contributed by atoms with E-state index in [9.17, 15) is 0 Å². The first-order valence-corrected chi connectivity index (χ1v) is 7.51. The van der Waals surface area contributed by atoms with Crippen LogP contribution in [0, 0.1) is 0 Å². The van der Waals surface area contributed by atoms with E-state index in [1.807, 2.05) is 0 Å². The summed E-state index contributed by atoms with van der Waals surface area (Å²) in [5.41, 5.74) is 1.70. The van der Waals surface area contributed by atoms with Crippen molar-refractivity contribution in [1.82, 2.24) is 5.32 Å². The molecular weight excluding hydrogens is 305 g/mol. The summed E-state index contributed by atoms with van der Waals surface area (Å²) in [6, 6.07) is 1.62. The Morgan fingerprint density at radius 3 is 2.53 bits per heavy atom. The highest BCUT2D eigenvalue weighted by molar-refractivity contribution is 6.47. The molecule has 0 bridgehead atoms. The van der Waals surface area contributed by atoms with Crippen molar-refractivity contribution < 1.29 is 4.42 Å². The SMILES string of the molecule is CCCNCc1oc2c(Cl)cc(Cl)c(Cl)c2c1CC. The maximum Gasteiger partial charge on any atom is 0.154 e. The lowest BCUT2D eigenvalue weighted by Gasteiger charge is -2.03. The third-order valence-electron chi connectivity index (χ3n) is 3.06. The topological polar surface area (TPSA) is 25.2 Å². The van der Waals surface area contributed by atoms with Gasteiger partial charge in [0, 0.05) is 10.9 Å². The predicted octanol–water partition coefficient (Wildman–Crippen LogP) is 5.46. The van der Waals surface area contributed by atoms with Crippen LogP contribution in [0.2, 0.25) is 15.1 Å². The Hall–Kier alpha value is -0.410. The van der Waals surface area contributed by atoms with Gasteiger partial charge in [-0.1, -0.05) is 48.7 Å². The van der Waals surface area contributed by atoms with E-state index in [2.05, 4.69) is 19.2 Å². The normalized spacial score (nSPS) is 11.4.